The molecule has 41 heavy (non-hydrogen) atoms. The van der Waals surface area contributed by atoms with Crippen LogP contribution in [-0.2, 0) is 0 Å². The van der Waals surface area contributed by atoms with Gasteiger partial charge in [-0.3, -0.25) is 4.99 Å². The SMILES string of the molecule is C1#CC(c2ccc(Oc3ccc(C4=NC(c5ccccc5)=NC(c5ccccc5)N4)cc3)cc2)C2N=CC=CC2=C1. The molecule has 0 saturated heterocycles. The number of hydrogen-bond acceptors (Lipinski definition) is 5. The minimum absolute atomic E-state index is 0.0392. The molecule has 1 N–H and O–H groups in total. The number of allylic oxidation sites excluding steroid dienone is 2. The van der Waals surface area contributed by atoms with E-state index in [1.54, 1.807) is 0 Å². The van der Waals surface area contributed by atoms with E-state index in [1.807, 2.05) is 103 Å². The molecule has 3 aliphatic rings. The van der Waals surface area contributed by atoms with Crippen LogP contribution in [0.2, 0.25) is 0 Å². The summed E-state index contributed by atoms with van der Waals surface area (Å²) in [4.78, 5) is 14.4. The van der Waals surface area contributed by atoms with Gasteiger partial charge in [0.05, 0.1) is 12.0 Å². The van der Waals surface area contributed by atoms with Crippen molar-refractivity contribution in [3.63, 3.8) is 0 Å². The molecule has 7 rings (SSSR count). The zero-order chi connectivity index (χ0) is 27.4. The Morgan fingerprint density at radius 2 is 1.41 bits per heavy atom. The molecule has 4 aromatic carbocycles. The molecule has 3 atom stereocenters. The van der Waals surface area contributed by atoms with Crippen molar-refractivity contribution in [1.29, 1.82) is 0 Å². The molecule has 0 bridgehead atoms. The summed E-state index contributed by atoms with van der Waals surface area (Å²) in [5.74, 6) is 9.51. The van der Waals surface area contributed by atoms with Crippen LogP contribution in [0.3, 0.4) is 0 Å². The molecule has 0 fully saturated rings. The third-order valence-electron chi connectivity index (χ3n) is 7.25. The topological polar surface area (TPSA) is 58.3 Å². The highest BCUT2D eigenvalue weighted by molar-refractivity contribution is 6.13. The molecule has 2 heterocycles. The second-order valence-corrected chi connectivity index (χ2v) is 9.94. The molecule has 1 aliphatic carbocycles. The lowest BCUT2D eigenvalue weighted by Gasteiger charge is -2.24. The number of hydrogen-bond donors (Lipinski definition) is 1. The van der Waals surface area contributed by atoms with Crippen LogP contribution in [0, 0.1) is 11.8 Å². The Hall–Kier alpha value is -5.47. The number of benzene rings is 4. The Labute approximate surface area is 239 Å². The fourth-order valence-electron chi connectivity index (χ4n) is 5.13. The number of dihydropyridines is 1. The van der Waals surface area contributed by atoms with Gasteiger partial charge in [0.15, 0.2) is 5.84 Å². The standard InChI is InChI=1S/C36H26N4O/c1-3-9-27(10-4-1)34-38-35(28-11-5-2-6-12-28)40-36(39-34)29-18-22-31(23-19-29)41-30-20-16-25(17-21-30)32-15-7-13-26-14-8-24-37-33(26)32/h1-6,8-14,16-24,32-34H,(H,38,39,40). The fraction of sp³-hybridized carbons (Fsp3) is 0.0833. The predicted molar refractivity (Wildman–Crippen MR) is 165 cm³/mol. The fourth-order valence-corrected chi connectivity index (χ4v) is 5.13. The molecule has 0 amide bonds. The smallest absolute Gasteiger partial charge is 0.159 e. The van der Waals surface area contributed by atoms with E-state index in [1.165, 1.54) is 0 Å². The highest BCUT2D eigenvalue weighted by Gasteiger charge is 2.26. The first-order valence-electron chi connectivity index (χ1n) is 13.6. The van der Waals surface area contributed by atoms with Crippen molar-refractivity contribution in [2.75, 3.05) is 0 Å². The van der Waals surface area contributed by atoms with Crippen LogP contribution in [-0.4, -0.2) is 23.9 Å². The van der Waals surface area contributed by atoms with Crippen molar-refractivity contribution in [1.82, 2.24) is 5.32 Å². The van der Waals surface area contributed by atoms with Gasteiger partial charge in [-0.1, -0.05) is 90.7 Å². The van der Waals surface area contributed by atoms with Crippen molar-refractivity contribution < 1.29 is 4.74 Å². The van der Waals surface area contributed by atoms with Crippen molar-refractivity contribution in [3.8, 4) is 23.3 Å². The number of amidine groups is 2. The molecular weight excluding hydrogens is 504 g/mol. The molecular formula is C36H26N4O. The van der Waals surface area contributed by atoms with Gasteiger partial charge < -0.3 is 10.1 Å². The highest BCUT2D eigenvalue weighted by Crippen LogP contribution is 2.32. The van der Waals surface area contributed by atoms with Gasteiger partial charge in [-0.15, -0.1) is 0 Å². The number of fused-ring (bicyclic) bond motifs is 1. The first-order valence-corrected chi connectivity index (χ1v) is 13.6. The van der Waals surface area contributed by atoms with Gasteiger partial charge in [-0.05, 0) is 65.3 Å². The van der Waals surface area contributed by atoms with E-state index in [2.05, 4.69) is 52.5 Å². The minimum Gasteiger partial charge on any atom is -0.457 e. The quantitative estimate of drug-likeness (QED) is 0.273. The monoisotopic (exact) mass is 530 g/mol. The summed E-state index contributed by atoms with van der Waals surface area (Å²) in [5, 5.41) is 3.50. The molecule has 0 spiro atoms. The first-order chi connectivity index (χ1) is 20.3. The van der Waals surface area contributed by atoms with E-state index in [9.17, 15) is 0 Å². The van der Waals surface area contributed by atoms with E-state index in [0.29, 0.717) is 5.84 Å². The molecule has 196 valence electrons. The molecule has 0 saturated carbocycles. The number of nitrogens with one attached hydrogen (secondary N) is 1. The zero-order valence-electron chi connectivity index (χ0n) is 22.2. The second-order valence-electron chi connectivity index (χ2n) is 9.94. The summed E-state index contributed by atoms with van der Waals surface area (Å²) in [7, 11) is 0. The van der Waals surface area contributed by atoms with Crippen LogP contribution in [0.15, 0.2) is 148 Å². The van der Waals surface area contributed by atoms with E-state index in [4.69, 9.17) is 14.7 Å². The normalized spacial score (nSPS) is 20.4. The van der Waals surface area contributed by atoms with E-state index in [0.717, 1.165) is 45.2 Å². The number of aliphatic imine (C=N–C) groups is 3. The lowest BCUT2D eigenvalue weighted by molar-refractivity contribution is 0.482. The molecule has 5 heteroatoms. The third-order valence-corrected chi connectivity index (χ3v) is 7.25. The summed E-state index contributed by atoms with van der Waals surface area (Å²) in [6.45, 7) is 0. The van der Waals surface area contributed by atoms with Crippen LogP contribution in [0.25, 0.3) is 0 Å². The average molecular weight is 531 g/mol. The summed E-state index contributed by atoms with van der Waals surface area (Å²) in [6.07, 6.45) is 7.63. The van der Waals surface area contributed by atoms with Gasteiger partial charge in [0, 0.05) is 17.3 Å². The molecule has 3 unspecified atom stereocenters. The van der Waals surface area contributed by atoms with E-state index >= 15 is 0 Å². The minimum atomic E-state index is -0.232. The van der Waals surface area contributed by atoms with Gasteiger partial charge in [-0.2, -0.15) is 0 Å². The third kappa shape index (κ3) is 5.24. The Bertz CT molecular complexity index is 1770. The Morgan fingerprint density at radius 3 is 2.17 bits per heavy atom. The maximum atomic E-state index is 6.18. The van der Waals surface area contributed by atoms with E-state index < -0.39 is 0 Å². The lowest BCUT2D eigenvalue weighted by atomic mass is 9.84. The largest absolute Gasteiger partial charge is 0.457 e. The summed E-state index contributed by atoms with van der Waals surface area (Å²) < 4.78 is 6.18. The van der Waals surface area contributed by atoms with Crippen LogP contribution in [0.4, 0.5) is 0 Å². The Balaban J connectivity index is 1.09. The Morgan fingerprint density at radius 1 is 0.707 bits per heavy atom. The van der Waals surface area contributed by atoms with Gasteiger partial charge >= 0.3 is 0 Å². The molecule has 0 aromatic heterocycles. The van der Waals surface area contributed by atoms with Crippen molar-refractivity contribution in [2.45, 2.75) is 18.1 Å². The zero-order valence-corrected chi connectivity index (χ0v) is 22.2. The van der Waals surface area contributed by atoms with Gasteiger partial charge in [0.2, 0.25) is 0 Å². The maximum Gasteiger partial charge on any atom is 0.159 e. The first kappa shape index (κ1) is 24.6. The number of rotatable bonds is 6. The molecule has 4 aromatic rings. The highest BCUT2D eigenvalue weighted by atomic mass is 16.5. The molecule has 2 aliphatic heterocycles. The Kier molecular flexibility index (Phi) is 6.56. The van der Waals surface area contributed by atoms with Crippen LogP contribution in [0.1, 0.15) is 34.3 Å². The molecule has 5 nitrogen and oxygen atoms in total. The number of nitrogens with zero attached hydrogens (tertiary/aromatic N) is 3. The van der Waals surface area contributed by atoms with Crippen LogP contribution >= 0.6 is 0 Å². The maximum absolute atomic E-state index is 6.18. The summed E-state index contributed by atoms with van der Waals surface area (Å²) in [5.41, 5.74) is 5.31. The van der Waals surface area contributed by atoms with Crippen LogP contribution < -0.4 is 10.1 Å². The van der Waals surface area contributed by atoms with Gasteiger partial charge in [-0.25, -0.2) is 9.98 Å². The van der Waals surface area contributed by atoms with Crippen molar-refractivity contribution in [3.05, 3.63) is 155 Å². The lowest BCUT2D eigenvalue weighted by Crippen LogP contribution is -2.33. The van der Waals surface area contributed by atoms with E-state index in [-0.39, 0.29) is 18.1 Å². The summed E-state index contributed by atoms with van der Waals surface area (Å²) in [6, 6.07) is 36.4. The van der Waals surface area contributed by atoms with Gasteiger partial charge in [0.25, 0.3) is 0 Å². The average Bonchev–Trinajstić information content (AvgIpc) is 3.06. The second kappa shape index (κ2) is 11.0. The van der Waals surface area contributed by atoms with Crippen molar-refractivity contribution in [2.24, 2.45) is 15.0 Å². The van der Waals surface area contributed by atoms with Gasteiger partial charge in [0.1, 0.15) is 23.5 Å². The molecule has 0 radical (unpaired) electrons. The van der Waals surface area contributed by atoms with Crippen LogP contribution in [0.5, 0.6) is 11.5 Å². The van der Waals surface area contributed by atoms with Crippen molar-refractivity contribution >= 4 is 17.9 Å². The number of ether oxygens (including phenoxy) is 1. The summed E-state index contributed by atoms with van der Waals surface area (Å²) >= 11 is 0. The predicted octanol–water partition coefficient (Wildman–Crippen LogP) is 7.01.